The van der Waals surface area contributed by atoms with E-state index in [4.69, 9.17) is 10.00 Å². The lowest BCUT2D eigenvalue weighted by atomic mass is 10.3. The van der Waals surface area contributed by atoms with E-state index < -0.39 is 11.9 Å². The molecule has 1 aromatic carbocycles. The van der Waals surface area contributed by atoms with Gasteiger partial charge in [-0.05, 0) is 25.1 Å². The summed E-state index contributed by atoms with van der Waals surface area (Å²) in [6.07, 6.45) is -0.643. The number of hydrogen-bond donors (Lipinski definition) is 0. The van der Waals surface area contributed by atoms with Crippen LogP contribution in [0.3, 0.4) is 0 Å². The van der Waals surface area contributed by atoms with Crippen molar-refractivity contribution in [1.29, 1.82) is 5.26 Å². The van der Waals surface area contributed by atoms with E-state index in [2.05, 4.69) is 15.9 Å². The highest BCUT2D eigenvalue weighted by Crippen LogP contribution is 2.22. The SMILES string of the molecule is C[C@@H](C#N)Oc1ccc(Br)cc1F. The van der Waals surface area contributed by atoms with Gasteiger partial charge in [0.25, 0.3) is 0 Å². The third kappa shape index (κ3) is 2.71. The van der Waals surface area contributed by atoms with Crippen molar-refractivity contribution in [2.75, 3.05) is 0 Å². The summed E-state index contributed by atoms with van der Waals surface area (Å²) in [6, 6.07) is 6.28. The summed E-state index contributed by atoms with van der Waals surface area (Å²) >= 11 is 3.12. The quantitative estimate of drug-likeness (QED) is 0.801. The van der Waals surface area contributed by atoms with Gasteiger partial charge in [-0.25, -0.2) is 4.39 Å². The number of benzene rings is 1. The van der Waals surface area contributed by atoms with Gasteiger partial charge in [0.1, 0.15) is 6.07 Å². The second-order valence-electron chi connectivity index (χ2n) is 2.46. The molecule has 0 aliphatic rings. The minimum atomic E-state index is -0.643. The maximum atomic E-state index is 13.1. The largest absolute Gasteiger partial charge is 0.473 e. The molecule has 0 saturated carbocycles. The summed E-state index contributed by atoms with van der Waals surface area (Å²) < 4.78 is 18.7. The molecule has 4 heteroatoms. The van der Waals surface area contributed by atoms with Gasteiger partial charge in [0.2, 0.25) is 0 Å². The summed E-state index contributed by atoms with van der Waals surface area (Å²) in [5.41, 5.74) is 0. The van der Waals surface area contributed by atoms with Crippen molar-refractivity contribution in [1.82, 2.24) is 0 Å². The van der Waals surface area contributed by atoms with Crippen molar-refractivity contribution >= 4 is 15.9 Å². The fourth-order valence-electron chi connectivity index (χ4n) is 0.788. The van der Waals surface area contributed by atoms with Gasteiger partial charge in [-0.3, -0.25) is 0 Å². The molecular weight excluding hydrogens is 237 g/mol. The summed E-state index contributed by atoms with van der Waals surface area (Å²) in [6.45, 7) is 1.56. The van der Waals surface area contributed by atoms with Crippen LogP contribution in [0.1, 0.15) is 6.92 Å². The van der Waals surface area contributed by atoms with Gasteiger partial charge in [-0.15, -0.1) is 0 Å². The Balaban J connectivity index is 2.85. The molecule has 1 aromatic rings. The predicted octanol–water partition coefficient (Wildman–Crippen LogP) is 2.88. The molecule has 0 spiro atoms. The lowest BCUT2D eigenvalue weighted by Gasteiger charge is -2.08. The molecule has 0 bridgehead atoms. The molecule has 13 heavy (non-hydrogen) atoms. The molecular formula is C9H7BrFNO. The topological polar surface area (TPSA) is 33.0 Å². The summed E-state index contributed by atoms with van der Waals surface area (Å²) in [4.78, 5) is 0. The molecule has 0 radical (unpaired) electrons. The monoisotopic (exact) mass is 243 g/mol. The van der Waals surface area contributed by atoms with Crippen LogP contribution in [0.5, 0.6) is 5.75 Å². The molecule has 0 aliphatic heterocycles. The zero-order valence-electron chi connectivity index (χ0n) is 6.92. The Morgan fingerprint density at radius 1 is 1.62 bits per heavy atom. The second-order valence-corrected chi connectivity index (χ2v) is 3.38. The number of ether oxygens (including phenoxy) is 1. The molecule has 1 rings (SSSR count). The van der Waals surface area contributed by atoms with Crippen LogP contribution in [0.4, 0.5) is 4.39 Å². The van der Waals surface area contributed by atoms with Crippen LogP contribution in [-0.2, 0) is 0 Å². The zero-order chi connectivity index (χ0) is 9.84. The van der Waals surface area contributed by atoms with Crippen LogP contribution < -0.4 is 4.74 Å². The van der Waals surface area contributed by atoms with Crippen LogP contribution in [0, 0.1) is 17.1 Å². The van der Waals surface area contributed by atoms with Crippen molar-refractivity contribution in [3.63, 3.8) is 0 Å². The Kier molecular flexibility index (Phi) is 3.26. The molecule has 0 amide bonds. The Morgan fingerprint density at radius 2 is 2.31 bits per heavy atom. The average molecular weight is 244 g/mol. The van der Waals surface area contributed by atoms with E-state index in [0.717, 1.165) is 0 Å². The third-order valence-corrected chi connectivity index (χ3v) is 1.87. The van der Waals surface area contributed by atoms with E-state index in [1.807, 2.05) is 6.07 Å². The first kappa shape index (κ1) is 10.0. The zero-order valence-corrected chi connectivity index (χ0v) is 8.51. The van der Waals surface area contributed by atoms with E-state index in [1.165, 1.54) is 12.1 Å². The van der Waals surface area contributed by atoms with Gasteiger partial charge in [0.05, 0.1) is 0 Å². The van der Waals surface area contributed by atoms with Crippen LogP contribution >= 0.6 is 15.9 Å². The Hall–Kier alpha value is -1.08. The minimum Gasteiger partial charge on any atom is -0.473 e. The van der Waals surface area contributed by atoms with Crippen molar-refractivity contribution in [2.24, 2.45) is 0 Å². The average Bonchev–Trinajstić information content (AvgIpc) is 2.09. The first-order valence-corrected chi connectivity index (χ1v) is 4.44. The predicted molar refractivity (Wildman–Crippen MR) is 49.8 cm³/mol. The van der Waals surface area contributed by atoms with Crippen LogP contribution in [0.2, 0.25) is 0 Å². The molecule has 0 aliphatic carbocycles. The van der Waals surface area contributed by atoms with E-state index in [-0.39, 0.29) is 5.75 Å². The summed E-state index contributed by atoms with van der Waals surface area (Å²) in [5, 5.41) is 8.43. The summed E-state index contributed by atoms with van der Waals surface area (Å²) in [7, 11) is 0. The minimum absolute atomic E-state index is 0.0947. The third-order valence-electron chi connectivity index (χ3n) is 1.38. The molecule has 0 heterocycles. The van der Waals surface area contributed by atoms with Crippen molar-refractivity contribution in [3.05, 3.63) is 28.5 Å². The van der Waals surface area contributed by atoms with Crippen LogP contribution in [0.15, 0.2) is 22.7 Å². The van der Waals surface area contributed by atoms with Crippen molar-refractivity contribution < 1.29 is 9.13 Å². The van der Waals surface area contributed by atoms with E-state index in [9.17, 15) is 4.39 Å². The fraction of sp³-hybridized carbons (Fsp3) is 0.222. The number of nitriles is 1. The second kappa shape index (κ2) is 4.24. The standard InChI is InChI=1S/C9H7BrFNO/c1-6(5-12)13-9-3-2-7(10)4-8(9)11/h2-4,6H,1H3/t6-/m0/s1. The van der Waals surface area contributed by atoms with Gasteiger partial charge in [-0.1, -0.05) is 15.9 Å². The van der Waals surface area contributed by atoms with Gasteiger partial charge in [0, 0.05) is 4.47 Å². The van der Waals surface area contributed by atoms with Gasteiger partial charge in [0.15, 0.2) is 17.7 Å². The smallest absolute Gasteiger partial charge is 0.181 e. The first-order valence-electron chi connectivity index (χ1n) is 3.65. The maximum absolute atomic E-state index is 13.1. The first-order chi connectivity index (χ1) is 6.13. The van der Waals surface area contributed by atoms with Gasteiger partial charge >= 0.3 is 0 Å². The Bertz CT molecular complexity index is 348. The maximum Gasteiger partial charge on any atom is 0.181 e. The van der Waals surface area contributed by atoms with Crippen molar-refractivity contribution in [2.45, 2.75) is 13.0 Å². The lowest BCUT2D eigenvalue weighted by molar-refractivity contribution is 0.263. The summed E-state index contributed by atoms with van der Waals surface area (Å²) in [5.74, 6) is -0.381. The number of hydrogen-bond acceptors (Lipinski definition) is 2. The van der Waals surface area contributed by atoms with E-state index >= 15 is 0 Å². The van der Waals surface area contributed by atoms with Gasteiger partial charge < -0.3 is 4.74 Å². The van der Waals surface area contributed by atoms with Crippen LogP contribution in [0.25, 0.3) is 0 Å². The molecule has 0 unspecified atom stereocenters. The molecule has 2 nitrogen and oxygen atoms in total. The number of rotatable bonds is 2. The van der Waals surface area contributed by atoms with E-state index in [0.29, 0.717) is 4.47 Å². The highest BCUT2D eigenvalue weighted by atomic mass is 79.9. The number of halogens is 2. The number of nitrogens with zero attached hydrogens (tertiary/aromatic N) is 1. The van der Waals surface area contributed by atoms with E-state index in [1.54, 1.807) is 13.0 Å². The van der Waals surface area contributed by atoms with Gasteiger partial charge in [-0.2, -0.15) is 5.26 Å². The molecule has 0 saturated heterocycles. The Morgan fingerprint density at radius 3 is 2.85 bits per heavy atom. The molecule has 0 aromatic heterocycles. The lowest BCUT2D eigenvalue weighted by Crippen LogP contribution is -2.09. The molecule has 0 N–H and O–H groups in total. The molecule has 1 atom stereocenters. The molecule has 68 valence electrons. The van der Waals surface area contributed by atoms with Crippen LogP contribution in [-0.4, -0.2) is 6.10 Å². The Labute approximate surface area is 84.1 Å². The highest BCUT2D eigenvalue weighted by Gasteiger charge is 2.07. The highest BCUT2D eigenvalue weighted by molar-refractivity contribution is 9.10. The molecule has 0 fully saturated rings. The van der Waals surface area contributed by atoms with Crippen molar-refractivity contribution in [3.8, 4) is 11.8 Å². The fourth-order valence-corrected chi connectivity index (χ4v) is 1.12. The normalized spacial score (nSPS) is 11.8.